The Morgan fingerprint density at radius 1 is 1.50 bits per heavy atom. The maximum atomic E-state index is 11.3. The molecule has 12 heavy (non-hydrogen) atoms. The van der Waals surface area contributed by atoms with E-state index in [-0.39, 0.29) is 5.12 Å². The summed E-state index contributed by atoms with van der Waals surface area (Å²) < 4.78 is 0. The van der Waals surface area contributed by atoms with Gasteiger partial charge in [0, 0.05) is 17.6 Å². The van der Waals surface area contributed by atoms with Crippen LogP contribution in [0.1, 0.15) is 24.3 Å². The Hall–Kier alpha value is -0.900. The van der Waals surface area contributed by atoms with Crippen LogP contribution in [0.15, 0.2) is 18.6 Å². The highest BCUT2D eigenvalue weighted by Gasteiger charge is 2.09. The molecule has 0 aliphatic heterocycles. The van der Waals surface area contributed by atoms with Gasteiger partial charge in [-0.1, -0.05) is 25.6 Å². The first-order valence-electron chi connectivity index (χ1n) is 3.67. The van der Waals surface area contributed by atoms with Crippen LogP contribution in [0.2, 0.25) is 0 Å². The normalized spacial score (nSPS) is 10.2. The molecule has 1 heterocycles. The predicted molar refractivity (Wildman–Crippen MR) is 49.1 cm³/mol. The third-order valence-electron chi connectivity index (χ3n) is 1.12. The van der Waals surface area contributed by atoms with E-state index in [9.17, 15) is 4.79 Å². The van der Waals surface area contributed by atoms with Gasteiger partial charge in [0.1, 0.15) is 5.69 Å². The molecule has 0 N–H and O–H groups in total. The summed E-state index contributed by atoms with van der Waals surface area (Å²) in [5.41, 5.74) is 0.427. The van der Waals surface area contributed by atoms with Crippen molar-refractivity contribution in [1.29, 1.82) is 0 Å². The van der Waals surface area contributed by atoms with Crippen molar-refractivity contribution in [3.8, 4) is 0 Å². The molecule has 0 atom stereocenters. The summed E-state index contributed by atoms with van der Waals surface area (Å²) in [6.07, 6.45) is 4.56. The van der Waals surface area contributed by atoms with Gasteiger partial charge in [-0.3, -0.25) is 9.78 Å². The Morgan fingerprint density at radius 2 is 2.25 bits per heavy atom. The first kappa shape index (κ1) is 9.19. The number of carbonyl (C=O) groups excluding carboxylic acids is 1. The molecule has 0 aliphatic carbocycles. The topological polar surface area (TPSA) is 42.9 Å². The Bertz CT molecular complexity index is 261. The molecule has 0 aromatic carbocycles. The zero-order valence-electron chi connectivity index (χ0n) is 7.02. The minimum Gasteiger partial charge on any atom is -0.280 e. The first-order chi connectivity index (χ1) is 5.70. The van der Waals surface area contributed by atoms with Gasteiger partial charge in [0.15, 0.2) is 0 Å². The third kappa shape index (κ3) is 2.62. The first-order valence-corrected chi connectivity index (χ1v) is 4.55. The van der Waals surface area contributed by atoms with Gasteiger partial charge in [-0.2, -0.15) is 0 Å². The van der Waals surface area contributed by atoms with Crippen molar-refractivity contribution in [2.45, 2.75) is 19.1 Å². The van der Waals surface area contributed by atoms with Crippen molar-refractivity contribution in [2.24, 2.45) is 0 Å². The fourth-order valence-corrected chi connectivity index (χ4v) is 1.33. The fourth-order valence-electron chi connectivity index (χ4n) is 0.679. The molecule has 1 rings (SSSR count). The molecule has 0 saturated carbocycles. The Labute approximate surface area is 75.6 Å². The third-order valence-corrected chi connectivity index (χ3v) is 2.01. The largest absolute Gasteiger partial charge is 0.280 e. The predicted octanol–water partition coefficient (Wildman–Crippen LogP) is 1.76. The summed E-state index contributed by atoms with van der Waals surface area (Å²) in [7, 11) is 0. The van der Waals surface area contributed by atoms with E-state index in [1.165, 1.54) is 24.2 Å². The summed E-state index contributed by atoms with van der Waals surface area (Å²) >= 11 is 1.27. The SMILES string of the molecule is CC(C)SC(=O)c1cnccn1. The van der Waals surface area contributed by atoms with Gasteiger partial charge in [0.25, 0.3) is 0 Å². The number of thioether (sulfide) groups is 1. The van der Waals surface area contributed by atoms with Crippen LogP contribution < -0.4 is 0 Å². The van der Waals surface area contributed by atoms with E-state index in [0.717, 1.165) is 0 Å². The van der Waals surface area contributed by atoms with Crippen molar-refractivity contribution < 1.29 is 4.79 Å². The molecule has 0 amide bonds. The summed E-state index contributed by atoms with van der Waals surface area (Å²) in [6.45, 7) is 3.94. The van der Waals surface area contributed by atoms with Gasteiger partial charge in [-0.15, -0.1) is 0 Å². The number of hydrogen-bond donors (Lipinski definition) is 0. The average molecular weight is 182 g/mol. The lowest BCUT2D eigenvalue weighted by Gasteiger charge is -2.00. The Kier molecular flexibility index (Phi) is 3.22. The molecule has 0 unspecified atom stereocenters. The average Bonchev–Trinajstić information content (AvgIpc) is 2.05. The molecule has 0 spiro atoms. The fraction of sp³-hybridized carbons (Fsp3) is 0.375. The lowest BCUT2D eigenvalue weighted by molar-refractivity contribution is 0.108. The molecule has 1 aromatic rings. The number of rotatable bonds is 2. The van der Waals surface area contributed by atoms with Crippen molar-refractivity contribution in [1.82, 2.24) is 9.97 Å². The molecule has 64 valence electrons. The summed E-state index contributed by atoms with van der Waals surface area (Å²) in [5, 5.41) is 0.276. The monoisotopic (exact) mass is 182 g/mol. The Balaban J connectivity index is 2.66. The molecule has 0 radical (unpaired) electrons. The van der Waals surface area contributed by atoms with E-state index in [1.807, 2.05) is 13.8 Å². The van der Waals surface area contributed by atoms with Crippen molar-refractivity contribution >= 4 is 16.9 Å². The van der Waals surface area contributed by atoms with Gasteiger partial charge in [-0.05, 0) is 0 Å². The lowest BCUT2D eigenvalue weighted by Crippen LogP contribution is -2.01. The molecule has 0 bridgehead atoms. The van der Waals surface area contributed by atoms with Gasteiger partial charge in [0.2, 0.25) is 5.12 Å². The maximum absolute atomic E-state index is 11.3. The van der Waals surface area contributed by atoms with Crippen molar-refractivity contribution in [3.63, 3.8) is 0 Å². The smallest absolute Gasteiger partial charge is 0.239 e. The number of hydrogen-bond acceptors (Lipinski definition) is 4. The lowest BCUT2D eigenvalue weighted by atomic mass is 10.5. The highest BCUT2D eigenvalue weighted by atomic mass is 32.2. The van der Waals surface area contributed by atoms with E-state index in [4.69, 9.17) is 0 Å². The van der Waals surface area contributed by atoms with E-state index >= 15 is 0 Å². The van der Waals surface area contributed by atoms with Gasteiger partial charge in [0.05, 0.1) is 6.20 Å². The van der Waals surface area contributed by atoms with E-state index in [0.29, 0.717) is 10.9 Å². The molecule has 3 nitrogen and oxygen atoms in total. The molecular weight excluding hydrogens is 172 g/mol. The summed E-state index contributed by atoms with van der Waals surface area (Å²) in [6, 6.07) is 0. The van der Waals surface area contributed by atoms with Crippen LogP contribution in [0, 0.1) is 0 Å². The van der Waals surface area contributed by atoms with Crippen LogP contribution in [-0.2, 0) is 0 Å². The van der Waals surface area contributed by atoms with E-state index < -0.39 is 0 Å². The maximum Gasteiger partial charge on any atom is 0.239 e. The van der Waals surface area contributed by atoms with Crippen molar-refractivity contribution in [3.05, 3.63) is 24.3 Å². The quantitative estimate of drug-likeness (QED) is 0.699. The number of aromatic nitrogens is 2. The number of nitrogens with zero attached hydrogens (tertiary/aromatic N) is 2. The molecule has 0 fully saturated rings. The second kappa shape index (κ2) is 4.21. The van der Waals surface area contributed by atoms with Crippen LogP contribution in [0.3, 0.4) is 0 Å². The van der Waals surface area contributed by atoms with Crippen LogP contribution in [0.4, 0.5) is 0 Å². The second-order valence-electron chi connectivity index (χ2n) is 2.54. The second-order valence-corrected chi connectivity index (χ2v) is 4.09. The highest BCUT2D eigenvalue weighted by Crippen LogP contribution is 2.14. The van der Waals surface area contributed by atoms with Crippen LogP contribution in [0.25, 0.3) is 0 Å². The standard InChI is InChI=1S/C8H10N2OS/c1-6(2)12-8(11)7-5-9-3-4-10-7/h3-6H,1-2H3. The molecule has 0 saturated heterocycles. The molecule has 1 aromatic heterocycles. The Morgan fingerprint density at radius 3 is 2.75 bits per heavy atom. The zero-order valence-corrected chi connectivity index (χ0v) is 7.84. The zero-order chi connectivity index (χ0) is 8.97. The number of carbonyl (C=O) groups is 1. The van der Waals surface area contributed by atoms with Crippen LogP contribution in [-0.4, -0.2) is 20.3 Å². The van der Waals surface area contributed by atoms with Crippen LogP contribution in [0.5, 0.6) is 0 Å². The highest BCUT2D eigenvalue weighted by molar-refractivity contribution is 8.14. The van der Waals surface area contributed by atoms with Gasteiger partial charge in [-0.25, -0.2) is 4.98 Å². The summed E-state index contributed by atoms with van der Waals surface area (Å²) in [5.74, 6) is 0. The van der Waals surface area contributed by atoms with Gasteiger partial charge < -0.3 is 0 Å². The summed E-state index contributed by atoms with van der Waals surface area (Å²) in [4.78, 5) is 19.0. The van der Waals surface area contributed by atoms with E-state index in [2.05, 4.69) is 9.97 Å². The minimum absolute atomic E-state index is 0.0156. The van der Waals surface area contributed by atoms with Crippen molar-refractivity contribution in [2.75, 3.05) is 0 Å². The molecule has 4 heteroatoms. The van der Waals surface area contributed by atoms with Gasteiger partial charge >= 0.3 is 0 Å². The molecular formula is C8H10N2OS. The van der Waals surface area contributed by atoms with E-state index in [1.54, 1.807) is 6.20 Å². The van der Waals surface area contributed by atoms with Crippen LogP contribution >= 0.6 is 11.8 Å². The minimum atomic E-state index is -0.0156. The molecule has 0 aliphatic rings.